The van der Waals surface area contributed by atoms with Crippen molar-refractivity contribution in [2.75, 3.05) is 13.7 Å². The van der Waals surface area contributed by atoms with E-state index >= 15 is 0 Å². The SMILES string of the molecule is COC(CN)C(=O)NCc1cccc2ccccc12. The van der Waals surface area contributed by atoms with Crippen molar-refractivity contribution in [2.45, 2.75) is 12.6 Å². The van der Waals surface area contributed by atoms with Crippen LogP contribution < -0.4 is 11.1 Å². The molecule has 4 heteroatoms. The summed E-state index contributed by atoms with van der Waals surface area (Å²) >= 11 is 0. The second kappa shape index (κ2) is 6.31. The van der Waals surface area contributed by atoms with E-state index in [4.69, 9.17) is 10.5 Å². The van der Waals surface area contributed by atoms with Crippen LogP contribution in [0.25, 0.3) is 10.8 Å². The van der Waals surface area contributed by atoms with Crippen molar-refractivity contribution in [1.82, 2.24) is 5.32 Å². The van der Waals surface area contributed by atoms with E-state index in [0.717, 1.165) is 16.3 Å². The Balaban J connectivity index is 2.12. The van der Waals surface area contributed by atoms with E-state index in [2.05, 4.69) is 17.4 Å². The van der Waals surface area contributed by atoms with Gasteiger partial charge in [-0.2, -0.15) is 0 Å². The Bertz CT molecular complexity index is 560. The third kappa shape index (κ3) is 3.10. The van der Waals surface area contributed by atoms with Gasteiger partial charge < -0.3 is 15.8 Å². The van der Waals surface area contributed by atoms with Gasteiger partial charge in [-0.15, -0.1) is 0 Å². The molecular formula is C15H18N2O2. The van der Waals surface area contributed by atoms with Gasteiger partial charge in [0.25, 0.3) is 5.91 Å². The minimum Gasteiger partial charge on any atom is -0.370 e. The Hall–Kier alpha value is -1.91. The molecular weight excluding hydrogens is 240 g/mol. The normalized spacial score (nSPS) is 12.3. The van der Waals surface area contributed by atoms with Crippen LogP contribution in [0.3, 0.4) is 0 Å². The molecule has 0 aliphatic heterocycles. The molecule has 0 saturated carbocycles. The van der Waals surface area contributed by atoms with Gasteiger partial charge >= 0.3 is 0 Å². The molecule has 3 N–H and O–H groups in total. The van der Waals surface area contributed by atoms with Gasteiger partial charge in [0.15, 0.2) is 0 Å². The molecule has 0 spiro atoms. The van der Waals surface area contributed by atoms with Crippen molar-refractivity contribution >= 4 is 16.7 Å². The number of ether oxygens (including phenoxy) is 1. The van der Waals surface area contributed by atoms with Crippen molar-refractivity contribution < 1.29 is 9.53 Å². The van der Waals surface area contributed by atoms with Crippen molar-refractivity contribution in [3.05, 3.63) is 48.0 Å². The molecule has 4 nitrogen and oxygen atoms in total. The highest BCUT2D eigenvalue weighted by molar-refractivity contribution is 5.86. The minimum atomic E-state index is -0.588. The zero-order valence-corrected chi connectivity index (χ0v) is 10.9. The molecule has 2 aromatic carbocycles. The van der Waals surface area contributed by atoms with Crippen LogP contribution in [-0.2, 0) is 16.1 Å². The smallest absolute Gasteiger partial charge is 0.250 e. The Morgan fingerprint density at radius 1 is 1.26 bits per heavy atom. The molecule has 0 aliphatic carbocycles. The van der Waals surface area contributed by atoms with Gasteiger partial charge in [-0.05, 0) is 16.3 Å². The molecule has 0 bridgehead atoms. The van der Waals surface area contributed by atoms with Gasteiger partial charge in [0, 0.05) is 20.2 Å². The summed E-state index contributed by atoms with van der Waals surface area (Å²) < 4.78 is 5.00. The number of hydrogen-bond acceptors (Lipinski definition) is 3. The summed E-state index contributed by atoms with van der Waals surface area (Å²) in [6.45, 7) is 0.651. The van der Waals surface area contributed by atoms with Gasteiger partial charge in [-0.3, -0.25) is 4.79 Å². The second-order valence-corrected chi connectivity index (χ2v) is 4.32. The standard InChI is InChI=1S/C15H18N2O2/c1-19-14(9-16)15(18)17-10-12-7-4-6-11-5-2-3-8-13(11)12/h2-8,14H,9-10,16H2,1H3,(H,17,18). The van der Waals surface area contributed by atoms with Crippen LogP contribution in [0.5, 0.6) is 0 Å². The van der Waals surface area contributed by atoms with Crippen LogP contribution in [0.15, 0.2) is 42.5 Å². The van der Waals surface area contributed by atoms with Gasteiger partial charge in [0.05, 0.1) is 0 Å². The van der Waals surface area contributed by atoms with E-state index in [-0.39, 0.29) is 12.5 Å². The predicted octanol–water partition coefficient (Wildman–Crippen LogP) is 1.43. The molecule has 0 radical (unpaired) electrons. The average molecular weight is 258 g/mol. The topological polar surface area (TPSA) is 64.3 Å². The van der Waals surface area contributed by atoms with E-state index in [1.807, 2.05) is 30.3 Å². The monoisotopic (exact) mass is 258 g/mol. The molecule has 19 heavy (non-hydrogen) atoms. The molecule has 1 amide bonds. The summed E-state index contributed by atoms with van der Waals surface area (Å²) in [6.07, 6.45) is -0.588. The molecule has 2 aromatic rings. The molecule has 0 heterocycles. The third-order valence-electron chi connectivity index (χ3n) is 3.12. The Labute approximate surface area is 112 Å². The number of methoxy groups -OCH3 is 1. The lowest BCUT2D eigenvalue weighted by Crippen LogP contribution is -2.40. The highest BCUT2D eigenvalue weighted by Crippen LogP contribution is 2.18. The van der Waals surface area contributed by atoms with Gasteiger partial charge in [0.2, 0.25) is 0 Å². The molecule has 0 aromatic heterocycles. The number of nitrogens with two attached hydrogens (primary N) is 1. The first-order valence-electron chi connectivity index (χ1n) is 6.23. The quantitative estimate of drug-likeness (QED) is 0.852. The van der Waals surface area contributed by atoms with Gasteiger partial charge in [-0.25, -0.2) is 0 Å². The fourth-order valence-electron chi connectivity index (χ4n) is 2.05. The summed E-state index contributed by atoms with van der Waals surface area (Å²) in [5.74, 6) is -0.182. The van der Waals surface area contributed by atoms with E-state index < -0.39 is 6.10 Å². The van der Waals surface area contributed by atoms with Crippen LogP contribution in [0.4, 0.5) is 0 Å². The largest absolute Gasteiger partial charge is 0.370 e. The number of carbonyl (C=O) groups excluding carboxylic acids is 1. The zero-order chi connectivity index (χ0) is 13.7. The molecule has 2 rings (SSSR count). The Kier molecular flexibility index (Phi) is 4.49. The van der Waals surface area contributed by atoms with Crippen LogP contribution >= 0.6 is 0 Å². The summed E-state index contributed by atoms with van der Waals surface area (Å²) in [4.78, 5) is 11.8. The van der Waals surface area contributed by atoms with Gasteiger partial charge in [0.1, 0.15) is 6.10 Å². The maximum atomic E-state index is 11.8. The predicted molar refractivity (Wildman–Crippen MR) is 75.6 cm³/mol. The first-order valence-corrected chi connectivity index (χ1v) is 6.23. The lowest BCUT2D eigenvalue weighted by molar-refractivity contribution is -0.130. The summed E-state index contributed by atoms with van der Waals surface area (Å²) in [5, 5.41) is 5.16. The highest BCUT2D eigenvalue weighted by atomic mass is 16.5. The fourth-order valence-corrected chi connectivity index (χ4v) is 2.05. The van der Waals surface area contributed by atoms with Crippen LogP contribution in [0.2, 0.25) is 0 Å². The lowest BCUT2D eigenvalue weighted by Gasteiger charge is -2.14. The van der Waals surface area contributed by atoms with Crippen LogP contribution in [0, 0.1) is 0 Å². The van der Waals surface area contributed by atoms with Crippen LogP contribution in [0.1, 0.15) is 5.56 Å². The number of benzene rings is 2. The molecule has 0 saturated heterocycles. The van der Waals surface area contributed by atoms with Crippen molar-refractivity contribution in [3.8, 4) is 0 Å². The van der Waals surface area contributed by atoms with E-state index in [0.29, 0.717) is 6.54 Å². The number of fused-ring (bicyclic) bond motifs is 1. The fraction of sp³-hybridized carbons (Fsp3) is 0.267. The minimum absolute atomic E-state index is 0.178. The van der Waals surface area contributed by atoms with Crippen LogP contribution in [-0.4, -0.2) is 25.7 Å². The van der Waals surface area contributed by atoms with Gasteiger partial charge in [-0.1, -0.05) is 42.5 Å². The number of amides is 1. The maximum Gasteiger partial charge on any atom is 0.250 e. The number of carbonyl (C=O) groups is 1. The van der Waals surface area contributed by atoms with E-state index in [1.54, 1.807) is 0 Å². The molecule has 0 aliphatic rings. The maximum absolute atomic E-state index is 11.8. The van der Waals surface area contributed by atoms with Crippen molar-refractivity contribution in [1.29, 1.82) is 0 Å². The Morgan fingerprint density at radius 2 is 2.00 bits per heavy atom. The number of hydrogen-bond donors (Lipinski definition) is 2. The number of rotatable bonds is 5. The highest BCUT2D eigenvalue weighted by Gasteiger charge is 2.15. The first-order chi connectivity index (χ1) is 9.26. The van der Waals surface area contributed by atoms with Crippen molar-refractivity contribution in [3.63, 3.8) is 0 Å². The summed E-state index contributed by atoms with van der Waals surface area (Å²) in [7, 11) is 1.48. The second-order valence-electron chi connectivity index (χ2n) is 4.32. The van der Waals surface area contributed by atoms with Crippen molar-refractivity contribution in [2.24, 2.45) is 5.73 Å². The Morgan fingerprint density at radius 3 is 2.74 bits per heavy atom. The average Bonchev–Trinajstić information content (AvgIpc) is 2.46. The summed E-state index contributed by atoms with van der Waals surface area (Å²) in [6, 6.07) is 14.1. The third-order valence-corrected chi connectivity index (χ3v) is 3.12. The molecule has 0 fully saturated rings. The first kappa shape index (κ1) is 13.5. The number of nitrogens with one attached hydrogen (secondary N) is 1. The molecule has 1 atom stereocenters. The lowest BCUT2D eigenvalue weighted by atomic mass is 10.0. The summed E-state index contributed by atoms with van der Waals surface area (Å²) in [5.41, 5.74) is 6.54. The van der Waals surface area contributed by atoms with E-state index in [1.165, 1.54) is 7.11 Å². The molecule has 1 unspecified atom stereocenters. The zero-order valence-electron chi connectivity index (χ0n) is 10.9. The molecule has 100 valence electrons. The van der Waals surface area contributed by atoms with E-state index in [9.17, 15) is 4.79 Å².